The molecule has 0 saturated carbocycles. The molecule has 0 N–H and O–H groups in total. The molecule has 4 heteroatoms. The minimum Gasteiger partial charge on any atom is -0.309 e. The van der Waals surface area contributed by atoms with Crippen LogP contribution >= 0.6 is 0 Å². The zero-order valence-corrected chi connectivity index (χ0v) is 31.6. The van der Waals surface area contributed by atoms with Gasteiger partial charge in [-0.05, 0) is 81.7 Å². The standard InChI is InChI=1S/C55H30N4/c1-2-15-34(16-3-1)57-45-23-10-9-20-38(45)42-28-33(25-26-47(42)57)41-27-31-13-4-6-17-35(31)49-43-29-32-14-5-7-18-36(32)50-44-30-48-51(56-55(44)59(53(41)49)54(43)50)40-22-12-21-39-37-19-8-11-24-46(37)58(48)52(39)40/h1-30H. The molecule has 9 aromatic carbocycles. The molecular formula is C55H30N4. The summed E-state index contributed by atoms with van der Waals surface area (Å²) < 4.78 is 7.37. The largest absolute Gasteiger partial charge is 0.309 e. The van der Waals surface area contributed by atoms with Gasteiger partial charge in [-0.15, -0.1) is 0 Å². The number of hydrogen-bond acceptors (Lipinski definition) is 1. The van der Waals surface area contributed by atoms with Gasteiger partial charge in [0.15, 0.2) is 0 Å². The summed E-state index contributed by atoms with van der Waals surface area (Å²) in [6.45, 7) is 0. The fraction of sp³-hybridized carbons (Fsp3) is 0. The molecular weight excluding hydrogens is 717 g/mol. The molecule has 0 spiro atoms. The third kappa shape index (κ3) is 3.60. The van der Waals surface area contributed by atoms with Gasteiger partial charge in [-0.25, -0.2) is 4.98 Å². The second-order valence-corrected chi connectivity index (χ2v) is 16.3. The summed E-state index contributed by atoms with van der Waals surface area (Å²) in [6.07, 6.45) is 0. The van der Waals surface area contributed by atoms with E-state index in [-0.39, 0.29) is 0 Å². The van der Waals surface area contributed by atoms with Crippen molar-refractivity contribution in [2.45, 2.75) is 0 Å². The zero-order valence-electron chi connectivity index (χ0n) is 31.6. The van der Waals surface area contributed by atoms with Crippen molar-refractivity contribution in [3.8, 4) is 16.8 Å². The van der Waals surface area contributed by atoms with Gasteiger partial charge < -0.3 is 8.97 Å². The number of benzene rings is 9. The van der Waals surface area contributed by atoms with E-state index in [2.05, 4.69) is 195 Å². The zero-order chi connectivity index (χ0) is 38.1. The Morgan fingerprint density at radius 3 is 1.78 bits per heavy atom. The average Bonchev–Trinajstić information content (AvgIpc) is 4.08. The van der Waals surface area contributed by atoms with E-state index in [1.54, 1.807) is 0 Å². The smallest absolute Gasteiger partial charge is 0.146 e. The average molecular weight is 747 g/mol. The minimum absolute atomic E-state index is 1.00. The Labute approximate surface area is 335 Å². The van der Waals surface area contributed by atoms with Crippen LogP contribution in [-0.2, 0) is 0 Å². The number of fused-ring (bicyclic) bond motifs is 19. The Balaban J connectivity index is 1.15. The van der Waals surface area contributed by atoms with E-state index in [1.165, 1.54) is 114 Å². The topological polar surface area (TPSA) is 26.6 Å². The van der Waals surface area contributed by atoms with Gasteiger partial charge in [0.25, 0.3) is 0 Å². The number of rotatable bonds is 2. The minimum atomic E-state index is 1.00. The first-order valence-corrected chi connectivity index (χ1v) is 20.4. The summed E-state index contributed by atoms with van der Waals surface area (Å²) >= 11 is 0. The molecule has 0 bridgehead atoms. The molecule has 0 radical (unpaired) electrons. The van der Waals surface area contributed by atoms with Gasteiger partial charge in [0.1, 0.15) is 5.65 Å². The molecule has 0 aliphatic heterocycles. The molecule has 0 aliphatic carbocycles. The molecule has 59 heavy (non-hydrogen) atoms. The second kappa shape index (κ2) is 10.5. The van der Waals surface area contributed by atoms with Gasteiger partial charge in [0.05, 0.1) is 44.1 Å². The van der Waals surface area contributed by atoms with Gasteiger partial charge >= 0.3 is 0 Å². The number of aromatic nitrogens is 4. The molecule has 270 valence electrons. The summed E-state index contributed by atoms with van der Waals surface area (Å²) in [4.78, 5) is 5.80. The number of hydrogen-bond donors (Lipinski definition) is 0. The van der Waals surface area contributed by atoms with Crippen LogP contribution in [0.25, 0.3) is 137 Å². The van der Waals surface area contributed by atoms with Gasteiger partial charge in [0.2, 0.25) is 0 Å². The summed E-state index contributed by atoms with van der Waals surface area (Å²) in [7, 11) is 0. The highest BCUT2D eigenvalue weighted by atomic mass is 15.0. The Morgan fingerprint density at radius 2 is 0.966 bits per heavy atom. The summed E-state index contributed by atoms with van der Waals surface area (Å²) in [6, 6.07) is 67.2. The van der Waals surface area contributed by atoms with Crippen LogP contribution in [0.3, 0.4) is 0 Å². The van der Waals surface area contributed by atoms with Crippen LogP contribution in [0.4, 0.5) is 0 Å². The van der Waals surface area contributed by atoms with E-state index in [0.29, 0.717) is 0 Å². The molecule has 0 atom stereocenters. The Morgan fingerprint density at radius 1 is 0.339 bits per heavy atom. The van der Waals surface area contributed by atoms with Crippen molar-refractivity contribution < 1.29 is 0 Å². The van der Waals surface area contributed by atoms with Crippen LogP contribution in [0.5, 0.6) is 0 Å². The molecule has 0 aliphatic rings. The Kier molecular flexibility index (Phi) is 5.38. The van der Waals surface area contributed by atoms with Crippen molar-refractivity contribution in [1.82, 2.24) is 18.4 Å². The summed E-state index contributed by atoms with van der Waals surface area (Å²) in [5.74, 6) is 0. The lowest BCUT2D eigenvalue weighted by Gasteiger charge is -2.11. The van der Waals surface area contributed by atoms with Crippen molar-refractivity contribution in [3.63, 3.8) is 0 Å². The molecule has 0 fully saturated rings. The third-order valence-corrected chi connectivity index (χ3v) is 13.4. The van der Waals surface area contributed by atoms with Gasteiger partial charge in [-0.1, -0.05) is 127 Å². The van der Waals surface area contributed by atoms with Crippen LogP contribution in [0.2, 0.25) is 0 Å². The normalized spacial score (nSPS) is 12.7. The van der Waals surface area contributed by atoms with E-state index < -0.39 is 0 Å². The predicted octanol–water partition coefficient (Wildman–Crippen LogP) is 14.5. The third-order valence-electron chi connectivity index (χ3n) is 13.4. The Hall–Kier alpha value is -7.95. The molecule has 15 rings (SSSR count). The molecule has 6 aromatic heterocycles. The fourth-order valence-electron chi connectivity index (χ4n) is 11.1. The summed E-state index contributed by atoms with van der Waals surface area (Å²) in [5, 5.41) is 16.2. The molecule has 6 heterocycles. The monoisotopic (exact) mass is 746 g/mol. The highest BCUT2D eigenvalue weighted by Crippen LogP contribution is 2.49. The van der Waals surface area contributed by atoms with E-state index in [1.807, 2.05) is 0 Å². The number of para-hydroxylation sites is 4. The Bertz CT molecular complexity index is 4300. The highest BCUT2D eigenvalue weighted by molar-refractivity contribution is 6.36. The lowest BCUT2D eigenvalue weighted by molar-refractivity contribution is 1.18. The van der Waals surface area contributed by atoms with E-state index in [9.17, 15) is 0 Å². The van der Waals surface area contributed by atoms with Crippen molar-refractivity contribution in [2.24, 2.45) is 0 Å². The number of nitrogens with zero attached hydrogens (tertiary/aromatic N) is 4. The van der Waals surface area contributed by atoms with Crippen molar-refractivity contribution in [2.75, 3.05) is 0 Å². The van der Waals surface area contributed by atoms with Gasteiger partial charge in [0, 0.05) is 59.7 Å². The first kappa shape index (κ1) is 30.2. The predicted molar refractivity (Wildman–Crippen MR) is 248 cm³/mol. The maximum absolute atomic E-state index is 5.80. The molecule has 0 amide bonds. The molecule has 4 nitrogen and oxygen atoms in total. The molecule has 0 unspecified atom stereocenters. The molecule has 15 aromatic rings. The van der Waals surface area contributed by atoms with Crippen molar-refractivity contribution >= 4 is 120 Å². The van der Waals surface area contributed by atoms with Crippen LogP contribution in [-0.4, -0.2) is 18.4 Å². The maximum atomic E-state index is 5.80. The van der Waals surface area contributed by atoms with E-state index >= 15 is 0 Å². The second-order valence-electron chi connectivity index (χ2n) is 16.3. The highest BCUT2D eigenvalue weighted by Gasteiger charge is 2.27. The van der Waals surface area contributed by atoms with Crippen LogP contribution < -0.4 is 0 Å². The van der Waals surface area contributed by atoms with E-state index in [4.69, 9.17) is 4.98 Å². The lowest BCUT2D eigenvalue weighted by atomic mass is 9.94. The maximum Gasteiger partial charge on any atom is 0.146 e. The fourth-order valence-corrected chi connectivity index (χ4v) is 11.1. The first-order chi connectivity index (χ1) is 29.3. The summed E-state index contributed by atoms with van der Waals surface area (Å²) in [5.41, 5.74) is 14.1. The van der Waals surface area contributed by atoms with Crippen LogP contribution in [0.1, 0.15) is 0 Å². The quantitative estimate of drug-likeness (QED) is 0.173. The van der Waals surface area contributed by atoms with Gasteiger partial charge in [-0.2, -0.15) is 0 Å². The van der Waals surface area contributed by atoms with Crippen LogP contribution in [0.15, 0.2) is 182 Å². The van der Waals surface area contributed by atoms with Gasteiger partial charge in [-0.3, -0.25) is 4.40 Å². The lowest BCUT2D eigenvalue weighted by Crippen LogP contribution is -1.93. The first-order valence-electron chi connectivity index (χ1n) is 20.4. The van der Waals surface area contributed by atoms with E-state index in [0.717, 1.165) is 22.4 Å². The van der Waals surface area contributed by atoms with Crippen LogP contribution in [0, 0.1) is 0 Å². The SMILES string of the molecule is c1ccc(-n2c3ccccc3c3cc(-c4cc5ccccc5c5c6cc7ccccc7c7c8cc9c(nc8n(c45)c67)c4cccc5c6ccccc6n9c54)ccc32)cc1. The number of pyridine rings is 1. The van der Waals surface area contributed by atoms with Crippen molar-refractivity contribution in [3.05, 3.63) is 182 Å². The van der Waals surface area contributed by atoms with Crippen molar-refractivity contribution in [1.29, 1.82) is 0 Å². The molecule has 0 saturated heterocycles.